The molecule has 0 aliphatic carbocycles. The number of sulfonamides is 1. The Morgan fingerprint density at radius 3 is 2.36 bits per heavy atom. The van der Waals surface area contributed by atoms with Gasteiger partial charge in [0, 0.05) is 38.7 Å². The highest BCUT2D eigenvalue weighted by Gasteiger charge is 2.34. The summed E-state index contributed by atoms with van der Waals surface area (Å²) in [5.41, 5.74) is -0.432. The van der Waals surface area contributed by atoms with E-state index in [1.165, 1.54) is 28.6 Å². The quantitative estimate of drug-likeness (QED) is 0.563. The number of para-hydroxylation sites is 1. The van der Waals surface area contributed by atoms with Crippen LogP contribution in [0.15, 0.2) is 29.2 Å². The van der Waals surface area contributed by atoms with Crippen LogP contribution in [-0.4, -0.2) is 54.6 Å². The van der Waals surface area contributed by atoms with Crippen LogP contribution in [0.1, 0.15) is 26.7 Å². The smallest absolute Gasteiger partial charge is 0.289 e. The lowest BCUT2D eigenvalue weighted by Crippen LogP contribution is -2.50. The zero-order chi connectivity index (χ0) is 18.6. The molecule has 0 bridgehead atoms. The lowest BCUT2D eigenvalue weighted by atomic mass is 10.1. The minimum Gasteiger partial charge on any atom is -0.340 e. The highest BCUT2D eigenvalue weighted by Crippen LogP contribution is 2.27. The first-order chi connectivity index (χ1) is 11.7. The second-order valence-corrected chi connectivity index (χ2v) is 8.35. The van der Waals surface area contributed by atoms with Gasteiger partial charge in [-0.05, 0) is 18.4 Å². The summed E-state index contributed by atoms with van der Waals surface area (Å²) >= 11 is 0. The monoisotopic (exact) mass is 369 g/mol. The molecule has 0 aromatic heterocycles. The number of hydrogen-bond donors (Lipinski definition) is 0. The van der Waals surface area contributed by atoms with Crippen molar-refractivity contribution in [3.05, 3.63) is 34.4 Å². The van der Waals surface area contributed by atoms with Gasteiger partial charge in [-0.15, -0.1) is 0 Å². The van der Waals surface area contributed by atoms with Gasteiger partial charge in [-0.25, -0.2) is 8.42 Å². The van der Waals surface area contributed by atoms with Crippen molar-refractivity contribution in [1.82, 2.24) is 9.21 Å². The Balaban J connectivity index is 2.07. The van der Waals surface area contributed by atoms with Crippen LogP contribution in [0.4, 0.5) is 5.69 Å². The molecule has 8 nitrogen and oxygen atoms in total. The van der Waals surface area contributed by atoms with Crippen molar-refractivity contribution in [3.63, 3.8) is 0 Å². The van der Waals surface area contributed by atoms with Gasteiger partial charge in [0.05, 0.1) is 4.92 Å². The molecule has 1 aromatic rings. The molecule has 0 spiro atoms. The first kappa shape index (κ1) is 19.3. The Hall–Kier alpha value is -2.00. The number of piperazine rings is 1. The summed E-state index contributed by atoms with van der Waals surface area (Å²) in [6, 6.07) is 5.32. The summed E-state index contributed by atoms with van der Waals surface area (Å²) in [5, 5.41) is 11.1. The minimum absolute atomic E-state index is 0.0245. The second-order valence-electron chi connectivity index (χ2n) is 6.44. The Morgan fingerprint density at radius 2 is 1.80 bits per heavy atom. The summed E-state index contributed by atoms with van der Waals surface area (Å²) in [6.45, 7) is 4.98. The van der Waals surface area contributed by atoms with Crippen molar-refractivity contribution in [2.75, 3.05) is 26.2 Å². The second kappa shape index (κ2) is 7.92. The van der Waals surface area contributed by atoms with E-state index in [0.717, 1.165) is 6.42 Å². The maximum atomic E-state index is 12.7. The third-order valence-electron chi connectivity index (χ3n) is 4.21. The maximum absolute atomic E-state index is 12.7. The molecule has 25 heavy (non-hydrogen) atoms. The molecule has 2 rings (SSSR count). The van der Waals surface area contributed by atoms with Gasteiger partial charge in [0.25, 0.3) is 5.69 Å². The van der Waals surface area contributed by atoms with Crippen molar-refractivity contribution in [2.24, 2.45) is 5.92 Å². The topological polar surface area (TPSA) is 101 Å². The molecule has 1 aromatic carbocycles. The van der Waals surface area contributed by atoms with Crippen LogP contribution in [0.25, 0.3) is 0 Å². The van der Waals surface area contributed by atoms with E-state index in [0.29, 0.717) is 25.4 Å². The number of nitro benzene ring substituents is 1. The molecule has 9 heteroatoms. The molecule has 0 saturated carbocycles. The Labute approximate surface area is 147 Å². The summed E-state index contributed by atoms with van der Waals surface area (Å²) in [4.78, 5) is 23.9. The molecule has 1 amide bonds. The summed E-state index contributed by atoms with van der Waals surface area (Å²) in [7, 11) is -3.96. The van der Waals surface area contributed by atoms with Crippen LogP contribution >= 0.6 is 0 Å². The van der Waals surface area contributed by atoms with Crippen LogP contribution in [-0.2, 0) is 14.8 Å². The van der Waals surface area contributed by atoms with Crippen molar-refractivity contribution < 1.29 is 18.1 Å². The van der Waals surface area contributed by atoms with E-state index in [1.807, 2.05) is 13.8 Å². The number of amides is 1. The van der Waals surface area contributed by atoms with Gasteiger partial charge in [-0.1, -0.05) is 26.0 Å². The molecule has 1 heterocycles. The van der Waals surface area contributed by atoms with E-state index >= 15 is 0 Å². The minimum atomic E-state index is -3.96. The van der Waals surface area contributed by atoms with Gasteiger partial charge >= 0.3 is 0 Å². The van der Waals surface area contributed by atoms with E-state index in [2.05, 4.69) is 0 Å². The first-order valence-electron chi connectivity index (χ1n) is 8.25. The third-order valence-corrected chi connectivity index (χ3v) is 6.15. The number of carbonyl (C=O) groups is 1. The van der Waals surface area contributed by atoms with Crippen LogP contribution < -0.4 is 0 Å². The third kappa shape index (κ3) is 4.55. The van der Waals surface area contributed by atoms with Gasteiger partial charge in [0.15, 0.2) is 4.90 Å². The fourth-order valence-electron chi connectivity index (χ4n) is 2.71. The highest BCUT2D eigenvalue weighted by atomic mass is 32.2. The van der Waals surface area contributed by atoms with E-state index in [9.17, 15) is 23.3 Å². The molecule has 1 aliphatic heterocycles. The van der Waals surface area contributed by atoms with Crippen LogP contribution in [0, 0.1) is 16.0 Å². The molecular formula is C16H23N3O5S. The lowest BCUT2D eigenvalue weighted by Gasteiger charge is -2.34. The first-order valence-corrected chi connectivity index (χ1v) is 9.69. The summed E-state index contributed by atoms with van der Waals surface area (Å²) in [5.74, 6) is 0.459. The van der Waals surface area contributed by atoms with Crippen molar-refractivity contribution in [3.8, 4) is 0 Å². The van der Waals surface area contributed by atoms with Gasteiger partial charge in [-0.3, -0.25) is 14.9 Å². The molecule has 1 aliphatic rings. The lowest BCUT2D eigenvalue weighted by molar-refractivity contribution is -0.387. The average molecular weight is 369 g/mol. The van der Waals surface area contributed by atoms with Gasteiger partial charge < -0.3 is 4.90 Å². The fourth-order valence-corrected chi connectivity index (χ4v) is 4.29. The molecule has 1 saturated heterocycles. The van der Waals surface area contributed by atoms with E-state index in [4.69, 9.17) is 0 Å². The number of carbonyl (C=O) groups excluding carboxylic acids is 1. The Kier molecular flexibility index (Phi) is 6.12. The summed E-state index contributed by atoms with van der Waals surface area (Å²) < 4.78 is 26.7. The molecule has 0 N–H and O–H groups in total. The van der Waals surface area contributed by atoms with Crippen molar-refractivity contribution in [1.29, 1.82) is 0 Å². The number of nitro groups is 1. The zero-order valence-electron chi connectivity index (χ0n) is 14.4. The van der Waals surface area contributed by atoms with Crippen molar-refractivity contribution in [2.45, 2.75) is 31.6 Å². The maximum Gasteiger partial charge on any atom is 0.289 e. The summed E-state index contributed by atoms with van der Waals surface area (Å²) in [6.07, 6.45) is 1.25. The number of rotatable bonds is 6. The predicted octanol–water partition coefficient (Wildman–Crippen LogP) is 1.86. The van der Waals surface area contributed by atoms with E-state index in [1.54, 1.807) is 4.90 Å². The molecule has 0 atom stereocenters. The molecule has 0 radical (unpaired) electrons. The Morgan fingerprint density at radius 1 is 1.20 bits per heavy atom. The highest BCUT2D eigenvalue weighted by molar-refractivity contribution is 7.89. The average Bonchev–Trinajstić information content (AvgIpc) is 2.59. The largest absolute Gasteiger partial charge is 0.340 e. The van der Waals surface area contributed by atoms with Crippen LogP contribution in [0.2, 0.25) is 0 Å². The van der Waals surface area contributed by atoms with E-state index < -0.39 is 20.6 Å². The number of hydrogen-bond acceptors (Lipinski definition) is 5. The fraction of sp³-hybridized carbons (Fsp3) is 0.562. The number of benzene rings is 1. The Bertz CT molecular complexity index is 740. The standard InChI is InChI=1S/C16H23N3O5S/c1-13(2)7-8-16(20)17-9-11-18(12-10-17)25(23,24)15-6-4-3-5-14(15)19(21)22/h3-6,13H,7-12H2,1-2H3. The van der Waals surface area contributed by atoms with Gasteiger partial charge in [0.1, 0.15) is 0 Å². The molecular weight excluding hydrogens is 346 g/mol. The number of nitrogens with zero attached hydrogens (tertiary/aromatic N) is 3. The van der Waals surface area contributed by atoms with Crippen molar-refractivity contribution >= 4 is 21.6 Å². The predicted molar refractivity (Wildman–Crippen MR) is 92.5 cm³/mol. The van der Waals surface area contributed by atoms with E-state index in [-0.39, 0.29) is 23.9 Å². The molecule has 1 fully saturated rings. The molecule has 0 unspecified atom stereocenters. The van der Waals surface area contributed by atoms with Gasteiger partial charge in [0.2, 0.25) is 15.9 Å². The SMILES string of the molecule is CC(C)CCC(=O)N1CCN(S(=O)(=O)c2ccccc2[N+](=O)[O-])CC1. The molecule has 138 valence electrons. The zero-order valence-corrected chi connectivity index (χ0v) is 15.2. The normalized spacial score (nSPS) is 16.2. The van der Waals surface area contributed by atoms with Crippen LogP contribution in [0.5, 0.6) is 0 Å². The van der Waals surface area contributed by atoms with Gasteiger partial charge in [-0.2, -0.15) is 4.31 Å². The van der Waals surface area contributed by atoms with Crippen LogP contribution in [0.3, 0.4) is 0 Å².